The van der Waals surface area contributed by atoms with Crippen LogP contribution in [0.25, 0.3) is 0 Å². The average molecular weight is 343 g/mol. The molecule has 0 aliphatic rings. The van der Waals surface area contributed by atoms with Gasteiger partial charge in [-0.25, -0.2) is 0 Å². The van der Waals surface area contributed by atoms with Crippen molar-refractivity contribution in [2.45, 2.75) is 40.7 Å². The van der Waals surface area contributed by atoms with E-state index in [1.165, 1.54) is 0 Å². The Labute approximate surface area is 148 Å². The molecule has 0 bridgehead atoms. The quantitative estimate of drug-likeness (QED) is 0.819. The SMILES string of the molecule is CCOc1ccc(C(=O)NNC(=O)c2cc(C)n(C(C)C)c2C)cc1. The minimum absolute atomic E-state index is 0.264. The summed E-state index contributed by atoms with van der Waals surface area (Å²) < 4.78 is 7.43. The highest BCUT2D eigenvalue weighted by molar-refractivity contribution is 5.99. The lowest BCUT2D eigenvalue weighted by molar-refractivity contribution is 0.0846. The van der Waals surface area contributed by atoms with Gasteiger partial charge in [0.05, 0.1) is 12.2 Å². The Hall–Kier alpha value is -2.76. The minimum atomic E-state index is -0.380. The van der Waals surface area contributed by atoms with E-state index >= 15 is 0 Å². The Morgan fingerprint density at radius 2 is 1.68 bits per heavy atom. The molecule has 1 aromatic carbocycles. The molecule has 6 nitrogen and oxygen atoms in total. The number of carbonyl (C=O) groups is 2. The molecule has 134 valence electrons. The van der Waals surface area contributed by atoms with Crippen LogP contribution in [0.3, 0.4) is 0 Å². The van der Waals surface area contributed by atoms with E-state index in [1.54, 1.807) is 24.3 Å². The number of benzene rings is 1. The molecule has 0 aliphatic carbocycles. The van der Waals surface area contributed by atoms with Gasteiger partial charge in [0.25, 0.3) is 11.8 Å². The lowest BCUT2D eigenvalue weighted by atomic mass is 10.2. The van der Waals surface area contributed by atoms with Gasteiger partial charge >= 0.3 is 0 Å². The summed E-state index contributed by atoms with van der Waals surface area (Å²) in [5.74, 6) is -0.0161. The smallest absolute Gasteiger partial charge is 0.271 e. The molecule has 2 rings (SSSR count). The van der Waals surface area contributed by atoms with Crippen LogP contribution in [0.4, 0.5) is 0 Å². The van der Waals surface area contributed by atoms with Gasteiger partial charge in [-0.15, -0.1) is 0 Å². The molecule has 2 amide bonds. The van der Waals surface area contributed by atoms with Gasteiger partial charge in [0.2, 0.25) is 0 Å². The van der Waals surface area contributed by atoms with E-state index in [0.717, 1.165) is 11.4 Å². The summed E-state index contributed by atoms with van der Waals surface area (Å²) in [4.78, 5) is 24.5. The van der Waals surface area contributed by atoms with E-state index in [0.29, 0.717) is 23.5 Å². The number of amides is 2. The number of hydrazine groups is 1. The molecule has 0 aliphatic heterocycles. The molecule has 0 atom stereocenters. The van der Waals surface area contributed by atoms with Crippen molar-refractivity contribution in [2.24, 2.45) is 0 Å². The molecule has 25 heavy (non-hydrogen) atoms. The molecule has 0 fully saturated rings. The average Bonchev–Trinajstić information content (AvgIpc) is 2.88. The standard InChI is InChI=1S/C19H25N3O3/c1-6-25-16-9-7-15(8-10-16)18(23)20-21-19(24)17-11-13(4)22(12(2)3)14(17)5/h7-12H,6H2,1-5H3,(H,20,23)(H,21,24). The fraction of sp³-hybridized carbons (Fsp3) is 0.368. The first kappa shape index (κ1) is 18.6. The topological polar surface area (TPSA) is 72.4 Å². The normalized spacial score (nSPS) is 10.6. The summed E-state index contributed by atoms with van der Waals surface area (Å²) in [5, 5.41) is 0. The summed E-state index contributed by atoms with van der Waals surface area (Å²) in [6.45, 7) is 10.5. The highest BCUT2D eigenvalue weighted by atomic mass is 16.5. The van der Waals surface area contributed by atoms with Gasteiger partial charge in [-0.05, 0) is 65.0 Å². The monoisotopic (exact) mass is 343 g/mol. The Morgan fingerprint density at radius 1 is 1.08 bits per heavy atom. The van der Waals surface area contributed by atoms with E-state index in [1.807, 2.05) is 26.8 Å². The van der Waals surface area contributed by atoms with Crippen molar-refractivity contribution >= 4 is 11.8 Å². The third kappa shape index (κ3) is 4.21. The number of aryl methyl sites for hydroxylation is 1. The number of nitrogens with zero attached hydrogens (tertiary/aromatic N) is 1. The molecule has 2 aromatic rings. The molecule has 0 saturated heterocycles. The van der Waals surface area contributed by atoms with E-state index in [-0.39, 0.29) is 17.9 Å². The Morgan fingerprint density at radius 3 is 2.20 bits per heavy atom. The minimum Gasteiger partial charge on any atom is -0.494 e. The summed E-state index contributed by atoms with van der Waals surface area (Å²) >= 11 is 0. The third-order valence-corrected chi connectivity index (χ3v) is 3.96. The maximum absolute atomic E-state index is 12.4. The van der Waals surface area contributed by atoms with Crippen LogP contribution in [0, 0.1) is 13.8 Å². The van der Waals surface area contributed by atoms with Gasteiger partial charge in [0, 0.05) is 23.0 Å². The first-order valence-corrected chi connectivity index (χ1v) is 8.37. The number of aromatic nitrogens is 1. The van der Waals surface area contributed by atoms with Crippen LogP contribution in [-0.2, 0) is 0 Å². The maximum Gasteiger partial charge on any atom is 0.271 e. The number of hydrogen-bond donors (Lipinski definition) is 2. The number of rotatable bonds is 5. The van der Waals surface area contributed by atoms with Crippen LogP contribution >= 0.6 is 0 Å². The largest absolute Gasteiger partial charge is 0.494 e. The van der Waals surface area contributed by atoms with Crippen LogP contribution in [-0.4, -0.2) is 23.0 Å². The molecule has 0 spiro atoms. The second-order valence-corrected chi connectivity index (χ2v) is 6.11. The maximum atomic E-state index is 12.4. The second-order valence-electron chi connectivity index (χ2n) is 6.11. The highest BCUT2D eigenvalue weighted by Gasteiger charge is 2.17. The summed E-state index contributed by atoms with van der Waals surface area (Å²) in [5.41, 5.74) is 7.80. The summed E-state index contributed by atoms with van der Waals surface area (Å²) in [6, 6.07) is 8.83. The van der Waals surface area contributed by atoms with Crippen molar-refractivity contribution in [1.82, 2.24) is 15.4 Å². The van der Waals surface area contributed by atoms with Gasteiger partial charge in [-0.2, -0.15) is 0 Å². The third-order valence-electron chi connectivity index (χ3n) is 3.96. The summed E-state index contributed by atoms with van der Waals surface area (Å²) in [7, 11) is 0. The molecular formula is C19H25N3O3. The molecule has 0 unspecified atom stereocenters. The van der Waals surface area contributed by atoms with Crippen molar-refractivity contribution in [2.75, 3.05) is 6.61 Å². The number of hydrogen-bond acceptors (Lipinski definition) is 3. The Balaban J connectivity index is 2.02. The van der Waals surface area contributed by atoms with Crippen LogP contribution in [0.15, 0.2) is 30.3 Å². The predicted molar refractivity (Wildman–Crippen MR) is 96.8 cm³/mol. The van der Waals surface area contributed by atoms with E-state index < -0.39 is 0 Å². The van der Waals surface area contributed by atoms with Crippen molar-refractivity contribution in [1.29, 1.82) is 0 Å². The van der Waals surface area contributed by atoms with Crippen molar-refractivity contribution < 1.29 is 14.3 Å². The highest BCUT2D eigenvalue weighted by Crippen LogP contribution is 2.19. The number of nitrogens with one attached hydrogen (secondary N) is 2. The molecule has 0 radical (unpaired) electrons. The van der Waals surface area contributed by atoms with Gasteiger partial charge < -0.3 is 9.30 Å². The van der Waals surface area contributed by atoms with Crippen molar-refractivity contribution in [3.63, 3.8) is 0 Å². The zero-order chi connectivity index (χ0) is 18.6. The van der Waals surface area contributed by atoms with Crippen molar-refractivity contribution in [3.8, 4) is 5.75 Å². The van der Waals surface area contributed by atoms with Gasteiger partial charge in [0.1, 0.15) is 5.75 Å². The fourth-order valence-corrected chi connectivity index (χ4v) is 2.92. The second kappa shape index (κ2) is 7.88. The lowest BCUT2D eigenvalue weighted by Crippen LogP contribution is -2.41. The van der Waals surface area contributed by atoms with Gasteiger partial charge in [-0.3, -0.25) is 20.4 Å². The molecule has 1 heterocycles. The Bertz CT molecular complexity index is 761. The van der Waals surface area contributed by atoms with Crippen LogP contribution in [0.1, 0.15) is 58.9 Å². The van der Waals surface area contributed by atoms with E-state index in [2.05, 4.69) is 29.3 Å². The molecule has 2 N–H and O–H groups in total. The van der Waals surface area contributed by atoms with Gasteiger partial charge in [0.15, 0.2) is 0 Å². The molecular weight excluding hydrogens is 318 g/mol. The van der Waals surface area contributed by atoms with Crippen LogP contribution < -0.4 is 15.6 Å². The zero-order valence-corrected chi connectivity index (χ0v) is 15.3. The van der Waals surface area contributed by atoms with E-state index in [9.17, 15) is 9.59 Å². The van der Waals surface area contributed by atoms with E-state index in [4.69, 9.17) is 4.74 Å². The number of ether oxygens (including phenoxy) is 1. The molecule has 1 aromatic heterocycles. The first-order valence-electron chi connectivity index (χ1n) is 8.37. The molecule has 0 saturated carbocycles. The summed E-state index contributed by atoms with van der Waals surface area (Å²) in [6.07, 6.45) is 0. The fourth-order valence-electron chi connectivity index (χ4n) is 2.92. The lowest BCUT2D eigenvalue weighted by Gasteiger charge is -2.13. The van der Waals surface area contributed by atoms with Crippen LogP contribution in [0.2, 0.25) is 0 Å². The number of carbonyl (C=O) groups excluding carboxylic acids is 2. The Kier molecular flexibility index (Phi) is 5.85. The van der Waals surface area contributed by atoms with Crippen LogP contribution in [0.5, 0.6) is 5.75 Å². The molecule has 6 heteroatoms. The first-order chi connectivity index (χ1) is 11.8. The van der Waals surface area contributed by atoms with Crippen molar-refractivity contribution in [3.05, 3.63) is 52.8 Å². The van der Waals surface area contributed by atoms with Gasteiger partial charge in [-0.1, -0.05) is 0 Å². The zero-order valence-electron chi connectivity index (χ0n) is 15.3. The predicted octanol–water partition coefficient (Wildman–Crippen LogP) is 3.16.